The maximum atomic E-state index is 14.1. The van der Waals surface area contributed by atoms with Crippen LogP contribution < -0.4 is 15.0 Å². The van der Waals surface area contributed by atoms with Crippen molar-refractivity contribution in [2.75, 3.05) is 23.3 Å². The lowest BCUT2D eigenvalue weighted by Gasteiger charge is -2.38. The third-order valence-electron chi connectivity index (χ3n) is 7.23. The summed E-state index contributed by atoms with van der Waals surface area (Å²) in [4.78, 5) is 15.8. The molecule has 1 N–H and O–H groups in total. The van der Waals surface area contributed by atoms with Crippen molar-refractivity contribution in [3.8, 4) is 5.75 Å². The van der Waals surface area contributed by atoms with Gasteiger partial charge in [-0.05, 0) is 56.6 Å². The molecule has 1 unspecified atom stereocenters. The molecule has 3 aromatic rings. The molecule has 178 valence electrons. The Bertz CT molecular complexity index is 1190. The number of fused-ring (bicyclic) bond motifs is 3. The van der Waals surface area contributed by atoms with Crippen molar-refractivity contribution in [1.82, 2.24) is 24.7 Å². The number of aromatic nitrogens is 5. The summed E-state index contributed by atoms with van der Waals surface area (Å²) in [7, 11) is 0. The van der Waals surface area contributed by atoms with Crippen LogP contribution >= 0.6 is 0 Å². The molecule has 4 atom stereocenters. The Balaban J connectivity index is 1.17. The molecule has 8 nitrogen and oxygen atoms in total. The zero-order valence-electron chi connectivity index (χ0n) is 19.0. The van der Waals surface area contributed by atoms with Gasteiger partial charge in [0.05, 0.1) is 0 Å². The van der Waals surface area contributed by atoms with Crippen molar-refractivity contribution >= 4 is 11.8 Å². The third kappa shape index (κ3) is 3.95. The van der Waals surface area contributed by atoms with Crippen LogP contribution in [-0.2, 0) is 6.54 Å². The minimum Gasteiger partial charge on any atom is -0.479 e. The van der Waals surface area contributed by atoms with Gasteiger partial charge < -0.3 is 15.0 Å². The Morgan fingerprint density at radius 2 is 1.88 bits per heavy atom. The van der Waals surface area contributed by atoms with Crippen LogP contribution in [0.25, 0.3) is 0 Å². The second-order valence-corrected chi connectivity index (χ2v) is 9.53. The predicted octanol–water partition coefficient (Wildman–Crippen LogP) is 3.90. The highest BCUT2D eigenvalue weighted by Gasteiger charge is 2.43. The summed E-state index contributed by atoms with van der Waals surface area (Å²) in [5, 5.41) is 8.29. The first-order valence-corrected chi connectivity index (χ1v) is 11.9. The molecule has 2 aromatic heterocycles. The first-order chi connectivity index (χ1) is 16.5. The van der Waals surface area contributed by atoms with Crippen LogP contribution in [0.2, 0.25) is 0 Å². The van der Waals surface area contributed by atoms with Gasteiger partial charge in [0.25, 0.3) is 0 Å². The van der Waals surface area contributed by atoms with Crippen LogP contribution in [0, 0.1) is 30.4 Å². The number of rotatable bonds is 5. The molecule has 1 saturated heterocycles. The molecule has 2 bridgehead atoms. The quantitative estimate of drug-likeness (QED) is 0.610. The Morgan fingerprint density at radius 1 is 1.06 bits per heavy atom. The number of piperidine rings is 1. The van der Waals surface area contributed by atoms with E-state index in [9.17, 15) is 8.78 Å². The number of benzene rings is 1. The minimum absolute atomic E-state index is 0.0303. The third-order valence-corrected chi connectivity index (χ3v) is 7.23. The van der Waals surface area contributed by atoms with Gasteiger partial charge in [-0.2, -0.15) is 4.98 Å². The van der Waals surface area contributed by atoms with Gasteiger partial charge in [0.2, 0.25) is 5.95 Å². The van der Waals surface area contributed by atoms with Crippen molar-refractivity contribution in [1.29, 1.82) is 0 Å². The van der Waals surface area contributed by atoms with Crippen molar-refractivity contribution in [3.05, 3.63) is 53.7 Å². The first-order valence-electron chi connectivity index (χ1n) is 11.9. The summed E-state index contributed by atoms with van der Waals surface area (Å²) in [5.74, 6) is 1.92. The van der Waals surface area contributed by atoms with Crippen LogP contribution in [0.5, 0.6) is 5.75 Å². The molecule has 6 rings (SSSR count). The average Bonchev–Trinajstić information content (AvgIpc) is 3.32. The Morgan fingerprint density at radius 3 is 2.65 bits per heavy atom. The zero-order chi connectivity index (χ0) is 23.2. The second-order valence-electron chi connectivity index (χ2n) is 9.53. The Hall–Kier alpha value is -3.30. The highest BCUT2D eigenvalue weighted by Crippen LogP contribution is 2.40. The van der Waals surface area contributed by atoms with Gasteiger partial charge in [0.1, 0.15) is 18.0 Å². The van der Waals surface area contributed by atoms with Crippen molar-refractivity contribution in [3.63, 3.8) is 0 Å². The van der Waals surface area contributed by atoms with Gasteiger partial charge in [-0.25, -0.2) is 23.4 Å². The number of nitrogens with one attached hydrogen (secondary N) is 1. The zero-order valence-corrected chi connectivity index (χ0v) is 19.0. The monoisotopic (exact) mass is 467 g/mol. The molecule has 2 aliphatic heterocycles. The van der Waals surface area contributed by atoms with E-state index in [-0.39, 0.29) is 5.75 Å². The summed E-state index contributed by atoms with van der Waals surface area (Å²) in [5.41, 5.74) is 0.975. The molecule has 0 amide bonds. The van der Waals surface area contributed by atoms with Gasteiger partial charge in [-0.1, -0.05) is 0 Å². The van der Waals surface area contributed by atoms with Gasteiger partial charge >= 0.3 is 0 Å². The number of nitrogens with zero attached hydrogens (tertiary/aromatic N) is 6. The molecule has 3 aliphatic rings. The van der Waals surface area contributed by atoms with E-state index in [1.807, 2.05) is 17.7 Å². The lowest BCUT2D eigenvalue weighted by Crippen LogP contribution is -2.48. The lowest BCUT2D eigenvalue weighted by atomic mass is 9.92. The van der Waals surface area contributed by atoms with E-state index in [2.05, 4.69) is 25.3 Å². The second kappa shape index (κ2) is 8.48. The van der Waals surface area contributed by atoms with E-state index in [1.165, 1.54) is 12.1 Å². The van der Waals surface area contributed by atoms with Crippen molar-refractivity contribution in [2.24, 2.45) is 11.8 Å². The van der Waals surface area contributed by atoms with Crippen LogP contribution in [0.1, 0.15) is 43.3 Å². The molecule has 2 fully saturated rings. The lowest BCUT2D eigenvalue weighted by molar-refractivity contribution is 0.149. The minimum atomic E-state index is -0.711. The van der Waals surface area contributed by atoms with Gasteiger partial charge in [0.15, 0.2) is 23.5 Å². The topological polar surface area (TPSA) is 81.0 Å². The smallest absolute Gasteiger partial charge is 0.242 e. The molecule has 1 aromatic carbocycles. The van der Waals surface area contributed by atoms with Crippen LogP contribution in [0.3, 0.4) is 0 Å². The van der Waals surface area contributed by atoms with E-state index >= 15 is 0 Å². The average molecular weight is 468 g/mol. The number of halogens is 2. The normalized spacial score (nSPS) is 25.8. The fourth-order valence-electron chi connectivity index (χ4n) is 5.62. The first kappa shape index (κ1) is 21.2. The van der Waals surface area contributed by atoms with Crippen LogP contribution in [-0.4, -0.2) is 43.9 Å². The number of ether oxygens (including phenoxy) is 1. The Kier molecular flexibility index (Phi) is 5.30. The van der Waals surface area contributed by atoms with Gasteiger partial charge in [-0.3, -0.25) is 0 Å². The van der Waals surface area contributed by atoms with Crippen LogP contribution in [0.4, 0.5) is 20.5 Å². The maximum absolute atomic E-state index is 14.1. The van der Waals surface area contributed by atoms with Gasteiger partial charge in [-0.15, -0.1) is 5.10 Å². The largest absolute Gasteiger partial charge is 0.479 e. The van der Waals surface area contributed by atoms with E-state index in [1.54, 1.807) is 6.33 Å². The Labute approximate surface area is 196 Å². The molecule has 0 radical (unpaired) electrons. The highest BCUT2D eigenvalue weighted by atomic mass is 19.1. The highest BCUT2D eigenvalue weighted by molar-refractivity contribution is 5.41. The molecular formula is C24H27F2N7O. The number of anilines is 2. The molecular weight excluding hydrogens is 440 g/mol. The number of aryl methyl sites for hydroxylation is 2. The van der Waals surface area contributed by atoms with Crippen LogP contribution in [0.15, 0.2) is 30.6 Å². The standard InChI is InChI=1S/C24H27F2N7O/c1-14-9-21(28-13-27-14)32-11-15-4-5-16(12-32)22(15)29-24-30-23-20(3-2-8-33(23)31-24)34-19-7-6-17(25)10-18(19)26/h6-7,9-10,13,15-16,20,22H,2-5,8,11-12H2,1H3,(H,29,31)/t15-,16+,20-,22?/m1/s1. The number of hydrogen-bond donors (Lipinski definition) is 1. The van der Waals surface area contributed by atoms with E-state index in [0.717, 1.165) is 56.5 Å². The molecule has 1 aliphatic carbocycles. The number of hydrogen-bond acceptors (Lipinski definition) is 7. The molecule has 4 heterocycles. The maximum Gasteiger partial charge on any atom is 0.242 e. The summed E-state index contributed by atoms with van der Waals surface area (Å²) in [6.07, 6.45) is 5.09. The van der Waals surface area contributed by atoms with E-state index in [4.69, 9.17) is 9.72 Å². The summed E-state index contributed by atoms with van der Waals surface area (Å²) >= 11 is 0. The van der Waals surface area contributed by atoms with Crippen molar-refractivity contribution in [2.45, 2.75) is 51.3 Å². The summed E-state index contributed by atoms with van der Waals surface area (Å²) in [6.45, 7) is 4.61. The fourth-order valence-corrected chi connectivity index (χ4v) is 5.62. The molecule has 0 spiro atoms. The fraction of sp³-hybridized carbons (Fsp3) is 0.500. The summed E-state index contributed by atoms with van der Waals surface area (Å²) < 4.78 is 35.1. The van der Waals surface area contributed by atoms with Gasteiger partial charge in [0, 0.05) is 43.5 Å². The van der Waals surface area contributed by atoms with E-state index in [0.29, 0.717) is 36.1 Å². The molecule has 10 heteroatoms. The SMILES string of the molecule is Cc1cc(N2C[C@H]3CC[C@@H](C2)C3Nc2nc3n(n2)CCC[C@H]3Oc2ccc(F)cc2F)ncn1. The van der Waals surface area contributed by atoms with E-state index < -0.39 is 17.7 Å². The summed E-state index contributed by atoms with van der Waals surface area (Å²) in [6, 6.07) is 5.70. The van der Waals surface area contributed by atoms with Crippen molar-refractivity contribution < 1.29 is 13.5 Å². The molecule has 1 saturated carbocycles. The molecule has 34 heavy (non-hydrogen) atoms. The predicted molar refractivity (Wildman–Crippen MR) is 122 cm³/mol.